The summed E-state index contributed by atoms with van der Waals surface area (Å²) >= 11 is 0. The van der Waals surface area contributed by atoms with Gasteiger partial charge in [-0.05, 0) is 12.3 Å². The van der Waals surface area contributed by atoms with Gasteiger partial charge in [0, 0.05) is 6.42 Å². The molecule has 0 amide bonds. The molecular weight excluding hydrogens is 427 g/mol. The fraction of sp³-hybridized carbons (Fsp3) is 0.952. The molecule has 31 heavy (non-hydrogen) atoms. The van der Waals surface area contributed by atoms with Gasteiger partial charge in [0.05, 0.1) is 19.8 Å². The van der Waals surface area contributed by atoms with E-state index < -0.39 is 45.8 Å². The lowest BCUT2D eigenvalue weighted by atomic mass is 9.99. The number of carbonyl (C=O) groups is 1. The van der Waals surface area contributed by atoms with Crippen LogP contribution < -0.4 is 0 Å². The van der Waals surface area contributed by atoms with Gasteiger partial charge in [-0.15, -0.1) is 0 Å². The monoisotopic (exact) mass is 470 g/mol. The van der Waals surface area contributed by atoms with Crippen LogP contribution in [0.5, 0.6) is 0 Å². The van der Waals surface area contributed by atoms with Crippen LogP contribution in [0.25, 0.3) is 0 Å². The predicted octanol–water partition coefficient (Wildman–Crippen LogP) is 3.32. The summed E-state index contributed by atoms with van der Waals surface area (Å²) in [6.07, 6.45) is 9.31. The van der Waals surface area contributed by atoms with Crippen LogP contribution in [-0.2, 0) is 23.1 Å². The van der Waals surface area contributed by atoms with Gasteiger partial charge in [-0.1, -0.05) is 71.6 Å². The topological polar surface area (TPSA) is 143 Å². The lowest BCUT2D eigenvalue weighted by Crippen LogP contribution is -2.24. The fourth-order valence-corrected chi connectivity index (χ4v) is 3.58. The minimum absolute atomic E-state index is 0.267. The summed E-state index contributed by atoms with van der Waals surface area (Å²) in [4.78, 5) is 21.1. The van der Waals surface area contributed by atoms with Crippen molar-refractivity contribution in [2.75, 3.05) is 26.4 Å². The Morgan fingerprint density at radius 1 is 0.871 bits per heavy atom. The zero-order valence-electron chi connectivity index (χ0n) is 19.1. The Labute approximate surface area is 186 Å². The minimum Gasteiger partial charge on any atom is -0.463 e. The zero-order chi connectivity index (χ0) is 23.5. The van der Waals surface area contributed by atoms with Crippen molar-refractivity contribution in [3.8, 4) is 0 Å². The van der Waals surface area contributed by atoms with E-state index in [0.717, 1.165) is 25.2 Å². The van der Waals surface area contributed by atoms with Crippen molar-refractivity contribution < 1.29 is 43.4 Å². The van der Waals surface area contributed by atoms with Crippen LogP contribution in [0, 0.1) is 5.92 Å². The van der Waals surface area contributed by atoms with Crippen molar-refractivity contribution >= 4 is 13.8 Å². The van der Waals surface area contributed by atoms with Crippen molar-refractivity contribution in [3.63, 3.8) is 0 Å². The summed E-state index contributed by atoms with van der Waals surface area (Å²) < 4.78 is 25.4. The molecular formula is C21H43O9P. The van der Waals surface area contributed by atoms with Gasteiger partial charge >= 0.3 is 13.8 Å². The lowest BCUT2D eigenvalue weighted by molar-refractivity contribution is -0.147. The van der Waals surface area contributed by atoms with Gasteiger partial charge in [-0.3, -0.25) is 13.8 Å². The molecule has 0 saturated heterocycles. The molecule has 0 rings (SSSR count). The molecule has 0 heterocycles. The average Bonchev–Trinajstić information content (AvgIpc) is 2.75. The SMILES string of the molecule is CCC(C)CCCCCCCCCCC(=O)OC[C@@H](O)COP(=O)(O)OCC(O)CO. The first kappa shape index (κ1) is 30.5. The number of phosphoric ester groups is 1. The molecule has 186 valence electrons. The first-order valence-electron chi connectivity index (χ1n) is 11.4. The Balaban J connectivity index is 3.61. The first-order valence-corrected chi connectivity index (χ1v) is 12.9. The second kappa shape index (κ2) is 19.0. The van der Waals surface area contributed by atoms with Crippen LogP contribution >= 0.6 is 7.82 Å². The van der Waals surface area contributed by atoms with E-state index in [4.69, 9.17) is 14.9 Å². The zero-order valence-corrected chi connectivity index (χ0v) is 20.0. The fourth-order valence-electron chi connectivity index (χ4n) is 2.79. The number of phosphoric acid groups is 1. The molecule has 4 atom stereocenters. The number of rotatable bonds is 21. The Hall–Kier alpha value is -0.540. The van der Waals surface area contributed by atoms with Crippen molar-refractivity contribution in [2.24, 2.45) is 5.92 Å². The molecule has 3 unspecified atom stereocenters. The quantitative estimate of drug-likeness (QED) is 0.113. The molecule has 0 aromatic carbocycles. The maximum atomic E-state index is 11.7. The summed E-state index contributed by atoms with van der Waals surface area (Å²) in [6, 6.07) is 0. The van der Waals surface area contributed by atoms with E-state index in [0.29, 0.717) is 0 Å². The van der Waals surface area contributed by atoms with Crippen LogP contribution in [0.4, 0.5) is 0 Å². The molecule has 0 aromatic heterocycles. The van der Waals surface area contributed by atoms with E-state index in [1.54, 1.807) is 0 Å². The van der Waals surface area contributed by atoms with Gasteiger partial charge < -0.3 is 24.9 Å². The molecule has 10 heteroatoms. The van der Waals surface area contributed by atoms with E-state index in [2.05, 4.69) is 22.9 Å². The van der Waals surface area contributed by atoms with Gasteiger partial charge in [0.2, 0.25) is 0 Å². The Morgan fingerprint density at radius 3 is 1.94 bits per heavy atom. The number of hydrogen-bond acceptors (Lipinski definition) is 8. The minimum atomic E-state index is -4.48. The number of aliphatic hydroxyl groups excluding tert-OH is 3. The van der Waals surface area contributed by atoms with Crippen molar-refractivity contribution in [1.82, 2.24) is 0 Å². The molecule has 9 nitrogen and oxygen atoms in total. The number of ether oxygens (including phenoxy) is 1. The maximum absolute atomic E-state index is 11.7. The number of esters is 1. The molecule has 0 bridgehead atoms. The Morgan fingerprint density at radius 2 is 1.39 bits per heavy atom. The van der Waals surface area contributed by atoms with Crippen LogP contribution in [0.15, 0.2) is 0 Å². The van der Waals surface area contributed by atoms with Gasteiger partial charge in [0.15, 0.2) is 0 Å². The normalized spacial score (nSPS) is 16.5. The molecule has 0 radical (unpaired) electrons. The van der Waals surface area contributed by atoms with Crippen molar-refractivity contribution in [1.29, 1.82) is 0 Å². The van der Waals surface area contributed by atoms with Crippen LogP contribution in [0.2, 0.25) is 0 Å². The van der Waals surface area contributed by atoms with Gasteiger partial charge in [-0.2, -0.15) is 0 Å². The average molecular weight is 471 g/mol. The number of aliphatic hydroxyl groups is 3. The number of hydrogen-bond donors (Lipinski definition) is 4. The molecule has 0 saturated carbocycles. The van der Waals surface area contributed by atoms with Crippen molar-refractivity contribution in [2.45, 2.75) is 96.7 Å². The molecule has 0 aromatic rings. The third kappa shape index (κ3) is 19.8. The summed E-state index contributed by atoms with van der Waals surface area (Å²) in [7, 11) is -4.48. The molecule has 4 N–H and O–H groups in total. The third-order valence-electron chi connectivity index (χ3n) is 5.03. The van der Waals surface area contributed by atoms with Crippen molar-refractivity contribution in [3.05, 3.63) is 0 Å². The van der Waals surface area contributed by atoms with Gasteiger partial charge in [0.25, 0.3) is 0 Å². The number of unbranched alkanes of at least 4 members (excludes halogenated alkanes) is 7. The number of carbonyl (C=O) groups excluding carboxylic acids is 1. The molecule has 0 aliphatic heterocycles. The summed E-state index contributed by atoms with van der Waals surface area (Å²) in [5.41, 5.74) is 0. The highest BCUT2D eigenvalue weighted by molar-refractivity contribution is 7.47. The van der Waals surface area contributed by atoms with E-state index in [1.807, 2.05) is 0 Å². The van der Waals surface area contributed by atoms with E-state index in [-0.39, 0.29) is 13.0 Å². The second-order valence-electron chi connectivity index (χ2n) is 8.11. The van der Waals surface area contributed by atoms with Crippen LogP contribution in [0.3, 0.4) is 0 Å². The summed E-state index contributed by atoms with van der Waals surface area (Å²) in [6.45, 7) is 2.39. The highest BCUT2D eigenvalue weighted by Gasteiger charge is 2.24. The maximum Gasteiger partial charge on any atom is 0.472 e. The molecule has 0 spiro atoms. The molecule has 0 fully saturated rings. The summed E-state index contributed by atoms with van der Waals surface area (Å²) in [5, 5.41) is 27.3. The lowest BCUT2D eigenvalue weighted by Gasteiger charge is -2.16. The van der Waals surface area contributed by atoms with Gasteiger partial charge in [-0.25, -0.2) is 4.57 Å². The van der Waals surface area contributed by atoms with E-state index >= 15 is 0 Å². The second-order valence-corrected chi connectivity index (χ2v) is 9.57. The van der Waals surface area contributed by atoms with E-state index in [1.165, 1.54) is 44.9 Å². The highest BCUT2D eigenvalue weighted by atomic mass is 31.2. The third-order valence-corrected chi connectivity index (χ3v) is 5.98. The summed E-state index contributed by atoms with van der Waals surface area (Å²) in [5.74, 6) is 0.398. The predicted molar refractivity (Wildman–Crippen MR) is 117 cm³/mol. The van der Waals surface area contributed by atoms with Crippen LogP contribution in [-0.4, -0.2) is 64.8 Å². The molecule has 0 aliphatic carbocycles. The highest BCUT2D eigenvalue weighted by Crippen LogP contribution is 2.43. The van der Waals surface area contributed by atoms with Gasteiger partial charge in [0.1, 0.15) is 18.8 Å². The standard InChI is InChI=1S/C21H43O9P/c1-3-18(2)12-10-8-6-4-5-7-9-11-13-21(25)28-15-20(24)17-30-31(26,27)29-16-19(23)14-22/h18-20,22-24H,3-17H2,1-2H3,(H,26,27)/t18?,19?,20-/m1/s1. The largest absolute Gasteiger partial charge is 0.472 e. The Kier molecular flexibility index (Phi) is 18.6. The molecule has 0 aliphatic rings. The smallest absolute Gasteiger partial charge is 0.463 e. The Bertz CT molecular complexity index is 489. The van der Waals surface area contributed by atoms with E-state index in [9.17, 15) is 19.4 Å². The first-order chi connectivity index (χ1) is 14.7. The van der Waals surface area contributed by atoms with Crippen LogP contribution in [0.1, 0.15) is 84.5 Å².